The third kappa shape index (κ3) is 4.51. The maximum atomic E-state index is 14.0. The Morgan fingerprint density at radius 3 is 2.45 bits per heavy atom. The summed E-state index contributed by atoms with van der Waals surface area (Å²) in [5.41, 5.74) is -0.639. The topological polar surface area (TPSA) is 96.6 Å². The van der Waals surface area contributed by atoms with Crippen molar-refractivity contribution >= 4 is 23.7 Å². The van der Waals surface area contributed by atoms with Gasteiger partial charge in [-0.05, 0) is 36.1 Å². The van der Waals surface area contributed by atoms with Gasteiger partial charge < -0.3 is 10.2 Å². The van der Waals surface area contributed by atoms with Crippen LogP contribution in [0.4, 0.5) is 8.78 Å². The number of hydrogen-bond acceptors (Lipinski definition) is 4. The maximum absolute atomic E-state index is 14.0. The number of pyridine rings is 1. The minimum Gasteiger partial charge on any atom is -0.480 e. The van der Waals surface area contributed by atoms with Crippen LogP contribution in [0.15, 0.2) is 28.0 Å². The van der Waals surface area contributed by atoms with Gasteiger partial charge in [-0.25, -0.2) is 18.4 Å². The van der Waals surface area contributed by atoms with Crippen molar-refractivity contribution in [1.82, 2.24) is 4.57 Å². The fourth-order valence-corrected chi connectivity index (χ4v) is 5.22. The molecule has 0 aliphatic carbocycles. The summed E-state index contributed by atoms with van der Waals surface area (Å²) in [6.07, 6.45) is 4.74. The first-order valence-corrected chi connectivity index (χ1v) is 11.1. The molecule has 9 heteroatoms. The van der Waals surface area contributed by atoms with Gasteiger partial charge in [0.1, 0.15) is 11.6 Å². The van der Waals surface area contributed by atoms with E-state index in [4.69, 9.17) is 0 Å². The van der Waals surface area contributed by atoms with E-state index in [-0.39, 0.29) is 28.3 Å². The Labute approximate surface area is 181 Å². The van der Waals surface area contributed by atoms with Crippen molar-refractivity contribution in [2.75, 3.05) is 5.75 Å². The number of fused-ring (bicyclic) bond motifs is 1. The average Bonchev–Trinajstić information content (AvgIpc) is 3.15. The number of benzene rings is 1. The predicted molar refractivity (Wildman–Crippen MR) is 113 cm³/mol. The molecule has 166 valence electrons. The number of carboxylic acid groups (broad SMARTS) is 2. The zero-order valence-electron chi connectivity index (χ0n) is 17.0. The number of aromatic nitrogens is 1. The van der Waals surface area contributed by atoms with Crippen molar-refractivity contribution in [1.29, 1.82) is 0 Å². The Hall–Kier alpha value is -2.68. The summed E-state index contributed by atoms with van der Waals surface area (Å²) in [5, 5.41) is 19.6. The van der Waals surface area contributed by atoms with Gasteiger partial charge in [0.05, 0.1) is 5.03 Å². The van der Waals surface area contributed by atoms with Gasteiger partial charge in [0.2, 0.25) is 0 Å². The number of halogens is 2. The lowest BCUT2D eigenvalue weighted by atomic mass is 9.92. The van der Waals surface area contributed by atoms with E-state index in [2.05, 4.69) is 6.92 Å². The Bertz CT molecular complexity index is 1080. The monoisotopic (exact) mass is 451 g/mol. The van der Waals surface area contributed by atoms with Crippen LogP contribution in [0.25, 0.3) is 11.1 Å². The van der Waals surface area contributed by atoms with Gasteiger partial charge >= 0.3 is 11.9 Å². The van der Waals surface area contributed by atoms with Gasteiger partial charge in [-0.2, -0.15) is 0 Å². The number of unbranched alkanes of at least 4 members (excludes halogenated alkanes) is 4. The van der Waals surface area contributed by atoms with Gasteiger partial charge in [0, 0.05) is 11.3 Å². The molecule has 0 spiro atoms. The van der Waals surface area contributed by atoms with Crippen LogP contribution < -0.4 is 5.56 Å². The summed E-state index contributed by atoms with van der Waals surface area (Å²) >= 11 is 1.10. The van der Waals surface area contributed by atoms with Gasteiger partial charge in [0.15, 0.2) is 11.6 Å². The predicted octanol–water partition coefficient (Wildman–Crippen LogP) is 4.74. The number of nitrogens with zero attached hydrogens (tertiary/aromatic N) is 1. The van der Waals surface area contributed by atoms with E-state index in [0.717, 1.165) is 54.1 Å². The van der Waals surface area contributed by atoms with Crippen LogP contribution in [-0.4, -0.2) is 32.5 Å². The van der Waals surface area contributed by atoms with Crippen LogP contribution in [-0.2, 0) is 11.2 Å². The number of aromatic carboxylic acids is 1. The molecule has 1 aliphatic rings. The zero-order chi connectivity index (χ0) is 22.7. The molecule has 31 heavy (non-hydrogen) atoms. The zero-order valence-corrected chi connectivity index (χ0v) is 17.8. The molecule has 6 nitrogen and oxygen atoms in total. The Morgan fingerprint density at radius 2 is 1.84 bits per heavy atom. The van der Waals surface area contributed by atoms with Crippen LogP contribution >= 0.6 is 11.8 Å². The Kier molecular flexibility index (Phi) is 7.15. The third-order valence-electron chi connectivity index (χ3n) is 5.40. The standard InChI is InChI=1S/C22H23F2NO5S/c1-2-3-4-5-6-7-13-17(12-8-9-14(23)15(24)10-12)20-25(16(11-31-20)21(27)28)19(26)18(13)22(29)30/h8-10,16H,2-7,11H2,1H3,(H,27,28)(H,29,30)/t16-/m0/s1. The Morgan fingerprint density at radius 1 is 1.13 bits per heavy atom. The average molecular weight is 451 g/mol. The molecule has 2 aromatic rings. The van der Waals surface area contributed by atoms with Crippen molar-refractivity contribution in [3.05, 3.63) is 51.3 Å². The van der Waals surface area contributed by atoms with Crippen LogP contribution in [0.3, 0.4) is 0 Å². The quantitative estimate of drug-likeness (QED) is 0.535. The fourth-order valence-electron chi connectivity index (χ4n) is 3.88. The van der Waals surface area contributed by atoms with Crippen molar-refractivity contribution in [3.63, 3.8) is 0 Å². The lowest BCUT2D eigenvalue weighted by Gasteiger charge is -2.19. The van der Waals surface area contributed by atoms with Crippen LogP contribution in [0, 0.1) is 11.6 Å². The van der Waals surface area contributed by atoms with Crippen LogP contribution in [0.2, 0.25) is 0 Å². The molecule has 1 aliphatic heterocycles. The van der Waals surface area contributed by atoms with E-state index in [1.807, 2.05) is 0 Å². The first kappa shape index (κ1) is 23.0. The van der Waals surface area contributed by atoms with Crippen molar-refractivity contribution in [2.45, 2.75) is 56.5 Å². The molecule has 1 aromatic heterocycles. The molecule has 0 fully saturated rings. The van der Waals surface area contributed by atoms with Gasteiger partial charge in [0.25, 0.3) is 5.56 Å². The highest BCUT2D eigenvalue weighted by molar-refractivity contribution is 7.99. The highest BCUT2D eigenvalue weighted by atomic mass is 32.2. The highest BCUT2D eigenvalue weighted by Crippen LogP contribution is 2.42. The number of hydrogen-bond donors (Lipinski definition) is 2. The molecule has 0 saturated heterocycles. The largest absolute Gasteiger partial charge is 0.480 e. The van der Waals surface area contributed by atoms with Gasteiger partial charge in [-0.1, -0.05) is 38.7 Å². The second-order valence-electron chi connectivity index (χ2n) is 7.47. The first-order chi connectivity index (χ1) is 14.8. The number of carboxylic acids is 2. The van der Waals surface area contributed by atoms with Crippen molar-refractivity contribution < 1.29 is 28.6 Å². The molecule has 0 saturated carbocycles. The van der Waals surface area contributed by atoms with E-state index in [1.165, 1.54) is 6.07 Å². The van der Waals surface area contributed by atoms with E-state index in [9.17, 15) is 33.4 Å². The number of rotatable bonds is 9. The molecule has 1 atom stereocenters. The van der Waals surface area contributed by atoms with Crippen molar-refractivity contribution in [2.24, 2.45) is 0 Å². The van der Waals surface area contributed by atoms with E-state index in [1.54, 1.807) is 0 Å². The maximum Gasteiger partial charge on any atom is 0.341 e. The van der Waals surface area contributed by atoms with E-state index < -0.39 is 40.7 Å². The molecular weight excluding hydrogens is 428 g/mol. The minimum atomic E-state index is -1.46. The fraction of sp³-hybridized carbons (Fsp3) is 0.409. The normalized spacial score (nSPS) is 15.1. The molecule has 2 heterocycles. The molecule has 2 N–H and O–H groups in total. The molecule has 0 bridgehead atoms. The molecular formula is C22H23F2NO5S. The van der Waals surface area contributed by atoms with Crippen LogP contribution in [0.5, 0.6) is 0 Å². The number of carbonyl (C=O) groups is 2. The molecule has 1 aromatic carbocycles. The summed E-state index contributed by atoms with van der Waals surface area (Å²) in [7, 11) is 0. The number of thioether (sulfide) groups is 1. The minimum absolute atomic E-state index is 0.0419. The lowest BCUT2D eigenvalue weighted by molar-refractivity contribution is -0.140. The van der Waals surface area contributed by atoms with Gasteiger partial charge in [-0.3, -0.25) is 9.36 Å². The molecule has 0 unspecified atom stereocenters. The highest BCUT2D eigenvalue weighted by Gasteiger charge is 2.36. The SMILES string of the molecule is CCCCCCCc1c(-c2ccc(F)c(F)c2)c2n(c(=O)c1C(=O)O)[C@H](C(=O)O)CS2. The molecule has 3 rings (SSSR count). The summed E-state index contributed by atoms with van der Waals surface area (Å²) < 4.78 is 28.5. The van der Waals surface area contributed by atoms with E-state index >= 15 is 0 Å². The smallest absolute Gasteiger partial charge is 0.341 e. The first-order valence-electron chi connectivity index (χ1n) is 10.1. The molecule has 0 amide bonds. The van der Waals surface area contributed by atoms with Crippen LogP contribution in [0.1, 0.15) is 61.0 Å². The summed E-state index contributed by atoms with van der Waals surface area (Å²) in [5.74, 6) is -4.84. The Balaban J connectivity index is 2.25. The summed E-state index contributed by atoms with van der Waals surface area (Å²) in [6.45, 7) is 2.07. The molecule has 0 radical (unpaired) electrons. The second-order valence-corrected chi connectivity index (χ2v) is 8.48. The van der Waals surface area contributed by atoms with Gasteiger partial charge in [-0.15, -0.1) is 11.8 Å². The third-order valence-corrected chi connectivity index (χ3v) is 6.55. The summed E-state index contributed by atoms with van der Waals surface area (Å²) in [6, 6.07) is 1.98. The summed E-state index contributed by atoms with van der Waals surface area (Å²) in [4.78, 5) is 36.8. The van der Waals surface area contributed by atoms with E-state index in [0.29, 0.717) is 12.0 Å². The van der Waals surface area contributed by atoms with Crippen molar-refractivity contribution in [3.8, 4) is 11.1 Å². The second kappa shape index (κ2) is 9.64. The lowest BCUT2D eigenvalue weighted by Crippen LogP contribution is -2.34. The number of aliphatic carboxylic acids is 1.